The fourth-order valence-corrected chi connectivity index (χ4v) is 4.43. The monoisotopic (exact) mass is 449 g/mol. The number of rotatable bonds is 8. The molecule has 0 spiro atoms. The molecule has 2 aromatic heterocycles. The molecule has 0 aliphatic carbocycles. The summed E-state index contributed by atoms with van der Waals surface area (Å²) in [7, 11) is -3.52. The van der Waals surface area contributed by atoms with Crippen molar-refractivity contribution in [3.05, 3.63) is 90.4 Å². The van der Waals surface area contributed by atoms with Crippen LogP contribution in [0.1, 0.15) is 17.7 Å². The molecule has 0 unspecified atom stereocenters. The first-order valence-electron chi connectivity index (χ1n) is 10.1. The van der Waals surface area contributed by atoms with Crippen LogP contribution in [0.4, 0.5) is 5.69 Å². The van der Waals surface area contributed by atoms with Crippen LogP contribution in [0.2, 0.25) is 0 Å². The Morgan fingerprint density at radius 3 is 2.66 bits per heavy atom. The fraction of sp³-hybridized carbons (Fsp3) is 0.167. The molecule has 7 nitrogen and oxygen atoms in total. The standard InChI is InChI=1S/C24H23N3O4S/c1-18-8-10-22(11-9-18)32(29,30)14-12-24(28)26-19-5-4-6-21(15-19)31-17-20-16-27-13-3-2-7-23(27)25-20/h2-11,13,15-16H,12,14,17H2,1H3,(H,26,28). The van der Waals surface area contributed by atoms with Gasteiger partial charge >= 0.3 is 0 Å². The van der Waals surface area contributed by atoms with E-state index in [4.69, 9.17) is 4.74 Å². The summed E-state index contributed by atoms with van der Waals surface area (Å²) in [6.07, 6.45) is 3.68. The number of pyridine rings is 1. The van der Waals surface area contributed by atoms with Gasteiger partial charge in [0.25, 0.3) is 0 Å². The van der Waals surface area contributed by atoms with E-state index in [1.54, 1.807) is 48.5 Å². The van der Waals surface area contributed by atoms with Gasteiger partial charge in [-0.3, -0.25) is 4.79 Å². The number of hydrogen-bond acceptors (Lipinski definition) is 5. The Kier molecular flexibility index (Phi) is 6.23. The van der Waals surface area contributed by atoms with Crippen molar-refractivity contribution < 1.29 is 17.9 Å². The van der Waals surface area contributed by atoms with E-state index in [0.29, 0.717) is 11.4 Å². The Hall–Kier alpha value is -3.65. The van der Waals surface area contributed by atoms with Crippen molar-refractivity contribution >= 4 is 27.1 Å². The summed E-state index contributed by atoms with van der Waals surface area (Å²) < 4.78 is 32.6. The highest BCUT2D eigenvalue weighted by molar-refractivity contribution is 7.91. The number of anilines is 1. The molecule has 1 N–H and O–H groups in total. The molecule has 1 amide bonds. The fourth-order valence-electron chi connectivity index (χ4n) is 3.19. The second kappa shape index (κ2) is 9.23. The van der Waals surface area contributed by atoms with Crippen LogP contribution in [-0.4, -0.2) is 29.5 Å². The number of aromatic nitrogens is 2. The predicted octanol–water partition coefficient (Wildman–Crippen LogP) is 4.02. The first-order chi connectivity index (χ1) is 15.4. The van der Waals surface area contributed by atoms with Gasteiger partial charge in [0.1, 0.15) is 18.0 Å². The van der Waals surface area contributed by atoms with Crippen molar-refractivity contribution in [2.45, 2.75) is 24.8 Å². The molecule has 2 heterocycles. The Morgan fingerprint density at radius 2 is 1.88 bits per heavy atom. The van der Waals surface area contributed by atoms with Crippen molar-refractivity contribution in [3.8, 4) is 5.75 Å². The van der Waals surface area contributed by atoms with Gasteiger partial charge in [0, 0.05) is 30.6 Å². The summed E-state index contributed by atoms with van der Waals surface area (Å²) >= 11 is 0. The smallest absolute Gasteiger partial charge is 0.225 e. The molecule has 32 heavy (non-hydrogen) atoms. The first kappa shape index (κ1) is 21.6. The number of ether oxygens (including phenoxy) is 1. The molecule has 0 fully saturated rings. The van der Waals surface area contributed by atoms with Gasteiger partial charge in [0.05, 0.1) is 16.3 Å². The molecule has 8 heteroatoms. The number of imidazole rings is 1. The maximum atomic E-state index is 12.4. The third kappa shape index (κ3) is 5.33. The molecular formula is C24H23N3O4S. The van der Waals surface area contributed by atoms with E-state index in [1.807, 2.05) is 41.9 Å². The molecule has 2 aromatic carbocycles. The highest BCUT2D eigenvalue weighted by Crippen LogP contribution is 2.19. The van der Waals surface area contributed by atoms with Crippen LogP contribution in [0.5, 0.6) is 5.75 Å². The average molecular weight is 450 g/mol. The first-order valence-corrected chi connectivity index (χ1v) is 11.8. The lowest BCUT2D eigenvalue weighted by atomic mass is 10.2. The van der Waals surface area contributed by atoms with Gasteiger partial charge in [0.2, 0.25) is 5.91 Å². The van der Waals surface area contributed by atoms with Gasteiger partial charge in [-0.15, -0.1) is 0 Å². The zero-order valence-electron chi connectivity index (χ0n) is 17.6. The van der Waals surface area contributed by atoms with Crippen LogP contribution in [0.15, 0.2) is 84.0 Å². The summed E-state index contributed by atoms with van der Waals surface area (Å²) in [6.45, 7) is 2.17. The van der Waals surface area contributed by atoms with Gasteiger partial charge < -0.3 is 14.5 Å². The van der Waals surface area contributed by atoms with Crippen molar-refractivity contribution in [3.63, 3.8) is 0 Å². The highest BCUT2D eigenvalue weighted by atomic mass is 32.2. The second-order valence-electron chi connectivity index (χ2n) is 7.44. The maximum absolute atomic E-state index is 12.4. The van der Waals surface area contributed by atoms with E-state index in [9.17, 15) is 13.2 Å². The van der Waals surface area contributed by atoms with E-state index < -0.39 is 9.84 Å². The van der Waals surface area contributed by atoms with Crippen molar-refractivity contribution in [1.29, 1.82) is 0 Å². The van der Waals surface area contributed by atoms with E-state index in [1.165, 1.54) is 0 Å². The zero-order chi connectivity index (χ0) is 22.6. The molecule has 4 rings (SSSR count). The predicted molar refractivity (Wildman–Crippen MR) is 122 cm³/mol. The minimum Gasteiger partial charge on any atom is -0.487 e. The van der Waals surface area contributed by atoms with E-state index >= 15 is 0 Å². The molecule has 0 bridgehead atoms. The van der Waals surface area contributed by atoms with Crippen molar-refractivity contribution in [2.75, 3.05) is 11.1 Å². The van der Waals surface area contributed by atoms with Crippen molar-refractivity contribution in [1.82, 2.24) is 9.38 Å². The lowest BCUT2D eigenvalue weighted by Gasteiger charge is -2.09. The van der Waals surface area contributed by atoms with Crippen LogP contribution < -0.4 is 10.1 Å². The number of hydrogen-bond donors (Lipinski definition) is 1. The highest BCUT2D eigenvalue weighted by Gasteiger charge is 2.16. The Balaban J connectivity index is 1.32. The van der Waals surface area contributed by atoms with Crippen LogP contribution >= 0.6 is 0 Å². The van der Waals surface area contributed by atoms with Crippen LogP contribution in [0.3, 0.4) is 0 Å². The maximum Gasteiger partial charge on any atom is 0.225 e. The Morgan fingerprint density at radius 1 is 1.06 bits per heavy atom. The van der Waals surface area contributed by atoms with E-state index in [0.717, 1.165) is 16.9 Å². The van der Waals surface area contributed by atoms with Gasteiger partial charge in [-0.1, -0.05) is 29.8 Å². The summed E-state index contributed by atoms with van der Waals surface area (Å²) in [5, 5.41) is 2.73. The molecule has 4 aromatic rings. The van der Waals surface area contributed by atoms with Crippen LogP contribution in [-0.2, 0) is 21.2 Å². The Labute approximate surface area is 186 Å². The number of amides is 1. The number of carbonyl (C=O) groups is 1. The van der Waals surface area contributed by atoms with Crippen molar-refractivity contribution in [2.24, 2.45) is 0 Å². The van der Waals surface area contributed by atoms with Crippen LogP contribution in [0.25, 0.3) is 5.65 Å². The summed E-state index contributed by atoms with van der Waals surface area (Å²) in [4.78, 5) is 17.0. The molecule has 0 aliphatic heterocycles. The normalized spacial score (nSPS) is 11.4. The Bertz CT molecular complexity index is 1310. The minimum atomic E-state index is -3.52. The third-order valence-electron chi connectivity index (χ3n) is 4.90. The number of sulfone groups is 1. The summed E-state index contributed by atoms with van der Waals surface area (Å²) in [5.41, 5.74) is 3.14. The number of fused-ring (bicyclic) bond motifs is 1. The summed E-state index contributed by atoms with van der Waals surface area (Å²) in [6, 6.07) is 19.3. The molecule has 0 saturated heterocycles. The molecule has 0 atom stereocenters. The van der Waals surface area contributed by atoms with Gasteiger partial charge in [-0.05, 0) is 43.3 Å². The largest absolute Gasteiger partial charge is 0.487 e. The SMILES string of the molecule is Cc1ccc(S(=O)(=O)CCC(=O)Nc2cccc(OCc3cn4ccccc4n3)c2)cc1. The summed E-state index contributed by atoms with van der Waals surface area (Å²) in [5.74, 6) is -0.0586. The van der Waals surface area contributed by atoms with E-state index in [2.05, 4.69) is 10.3 Å². The molecule has 164 valence electrons. The van der Waals surface area contributed by atoms with Gasteiger partial charge in [0.15, 0.2) is 9.84 Å². The van der Waals surface area contributed by atoms with Crippen LogP contribution in [0, 0.1) is 6.92 Å². The number of carbonyl (C=O) groups excluding carboxylic acids is 1. The number of aryl methyl sites for hydroxylation is 1. The average Bonchev–Trinajstić information content (AvgIpc) is 3.20. The van der Waals surface area contributed by atoms with Gasteiger partial charge in [-0.2, -0.15) is 0 Å². The molecule has 0 aliphatic rings. The lowest BCUT2D eigenvalue weighted by molar-refractivity contribution is -0.115. The quantitative estimate of drug-likeness (QED) is 0.439. The van der Waals surface area contributed by atoms with E-state index in [-0.39, 0.29) is 29.6 Å². The number of nitrogens with one attached hydrogen (secondary N) is 1. The topological polar surface area (TPSA) is 89.8 Å². The number of nitrogens with zero attached hydrogens (tertiary/aromatic N) is 2. The molecular weight excluding hydrogens is 426 g/mol. The minimum absolute atomic E-state index is 0.136. The lowest BCUT2D eigenvalue weighted by Crippen LogP contribution is -2.17. The third-order valence-corrected chi connectivity index (χ3v) is 6.63. The molecule has 0 radical (unpaired) electrons. The number of benzene rings is 2. The zero-order valence-corrected chi connectivity index (χ0v) is 18.4. The van der Waals surface area contributed by atoms with Gasteiger partial charge in [-0.25, -0.2) is 13.4 Å². The molecule has 0 saturated carbocycles. The second-order valence-corrected chi connectivity index (χ2v) is 9.55.